The summed E-state index contributed by atoms with van der Waals surface area (Å²) in [7, 11) is -1.99. The number of carbonyl (C=O) groups excluding carboxylic acids is 1. The van der Waals surface area contributed by atoms with Crippen molar-refractivity contribution in [1.29, 1.82) is 0 Å². The molecule has 132 valence electrons. The Morgan fingerprint density at radius 3 is 2.28 bits per heavy atom. The molecule has 1 heterocycles. The third-order valence-corrected chi connectivity index (χ3v) is 6.16. The zero-order chi connectivity index (χ0) is 18.0. The summed E-state index contributed by atoms with van der Waals surface area (Å²) in [6, 6.07) is 11.1. The van der Waals surface area contributed by atoms with Crippen LogP contribution in [-0.2, 0) is 9.84 Å². The monoisotopic (exact) mass is 364 g/mol. The number of sulfone groups is 1. The van der Waals surface area contributed by atoms with Crippen LogP contribution in [0.15, 0.2) is 53.4 Å². The van der Waals surface area contributed by atoms with E-state index in [4.69, 9.17) is 4.74 Å². The van der Waals surface area contributed by atoms with Gasteiger partial charge in [0.25, 0.3) is 0 Å². The fourth-order valence-corrected chi connectivity index (χ4v) is 4.15. The van der Waals surface area contributed by atoms with E-state index in [-0.39, 0.29) is 18.0 Å². The Balaban J connectivity index is 1.60. The Kier molecular flexibility index (Phi) is 4.63. The summed E-state index contributed by atoms with van der Waals surface area (Å²) in [5, 5.41) is 1.97. The lowest BCUT2D eigenvalue weighted by Gasteiger charge is -2.38. The van der Waals surface area contributed by atoms with Crippen LogP contribution in [0.5, 0.6) is 5.75 Å². The molecule has 2 aromatic carbocycles. The van der Waals surface area contributed by atoms with Gasteiger partial charge in [0.15, 0.2) is 9.84 Å². The first-order valence-electron chi connectivity index (χ1n) is 7.59. The fourth-order valence-electron chi connectivity index (χ4n) is 2.49. The molecular weight excluding hydrogens is 347 g/mol. The van der Waals surface area contributed by atoms with Crippen molar-refractivity contribution in [3.8, 4) is 5.75 Å². The van der Waals surface area contributed by atoms with Gasteiger partial charge in [0.2, 0.25) is 0 Å². The molecule has 3 rings (SSSR count). The lowest BCUT2D eigenvalue weighted by molar-refractivity contribution is 0.182. The first kappa shape index (κ1) is 17.2. The Morgan fingerprint density at radius 1 is 1.12 bits per heavy atom. The average molecular weight is 364 g/mol. The minimum Gasteiger partial charge on any atom is -0.497 e. The standard InChI is InChI=1S/C17H17FN2O4S/c1-24-14-6-8-15(9-7-14)25(22,23)16-10-20(11-16)17(21)19-13-4-2-12(18)3-5-13/h2-9,16H,10-11H2,1H3,(H,19,21). The second-order valence-corrected chi connectivity index (χ2v) is 7.91. The van der Waals surface area contributed by atoms with E-state index in [2.05, 4.69) is 5.32 Å². The zero-order valence-electron chi connectivity index (χ0n) is 13.5. The highest BCUT2D eigenvalue weighted by atomic mass is 32.2. The lowest BCUT2D eigenvalue weighted by atomic mass is 10.2. The van der Waals surface area contributed by atoms with Gasteiger partial charge in [0.1, 0.15) is 16.8 Å². The van der Waals surface area contributed by atoms with Gasteiger partial charge in [0, 0.05) is 18.8 Å². The van der Waals surface area contributed by atoms with Gasteiger partial charge in [-0.3, -0.25) is 0 Å². The molecule has 1 N–H and O–H groups in total. The van der Waals surface area contributed by atoms with Crippen LogP contribution >= 0.6 is 0 Å². The molecule has 0 atom stereocenters. The van der Waals surface area contributed by atoms with Crippen molar-refractivity contribution in [2.45, 2.75) is 10.1 Å². The van der Waals surface area contributed by atoms with E-state index < -0.39 is 26.9 Å². The molecule has 0 aromatic heterocycles. The molecule has 1 saturated heterocycles. The molecule has 6 nitrogen and oxygen atoms in total. The summed E-state index contributed by atoms with van der Waals surface area (Å²) >= 11 is 0. The molecule has 1 fully saturated rings. The van der Waals surface area contributed by atoms with Crippen LogP contribution in [0, 0.1) is 5.82 Å². The number of likely N-dealkylation sites (tertiary alicyclic amines) is 1. The topological polar surface area (TPSA) is 75.7 Å². The van der Waals surface area contributed by atoms with Gasteiger partial charge in [-0.15, -0.1) is 0 Å². The number of amides is 2. The fraction of sp³-hybridized carbons (Fsp3) is 0.235. The van der Waals surface area contributed by atoms with E-state index in [0.29, 0.717) is 11.4 Å². The van der Waals surface area contributed by atoms with Crippen molar-refractivity contribution in [3.05, 3.63) is 54.3 Å². The molecule has 1 aliphatic heterocycles. The molecule has 25 heavy (non-hydrogen) atoms. The van der Waals surface area contributed by atoms with E-state index in [1.165, 1.54) is 48.4 Å². The molecule has 0 spiro atoms. The van der Waals surface area contributed by atoms with Crippen molar-refractivity contribution in [2.24, 2.45) is 0 Å². The highest BCUT2D eigenvalue weighted by Gasteiger charge is 2.40. The summed E-state index contributed by atoms with van der Waals surface area (Å²) in [6.45, 7) is 0.225. The highest BCUT2D eigenvalue weighted by molar-refractivity contribution is 7.92. The number of hydrogen-bond donors (Lipinski definition) is 1. The average Bonchev–Trinajstić information content (AvgIpc) is 2.55. The molecule has 0 radical (unpaired) electrons. The first-order chi connectivity index (χ1) is 11.9. The highest BCUT2D eigenvalue weighted by Crippen LogP contribution is 2.26. The van der Waals surface area contributed by atoms with Gasteiger partial charge in [-0.2, -0.15) is 0 Å². The van der Waals surface area contributed by atoms with Crippen LogP contribution in [0.25, 0.3) is 0 Å². The number of carbonyl (C=O) groups is 1. The number of rotatable bonds is 4. The van der Waals surface area contributed by atoms with Crippen LogP contribution in [0.1, 0.15) is 0 Å². The molecule has 1 aliphatic rings. The Hall–Kier alpha value is -2.61. The predicted octanol–water partition coefficient (Wildman–Crippen LogP) is 2.52. The quantitative estimate of drug-likeness (QED) is 0.905. The largest absolute Gasteiger partial charge is 0.497 e. The number of ether oxygens (including phenoxy) is 1. The number of nitrogens with one attached hydrogen (secondary N) is 1. The number of anilines is 1. The van der Waals surface area contributed by atoms with E-state index in [9.17, 15) is 17.6 Å². The van der Waals surface area contributed by atoms with Crippen LogP contribution < -0.4 is 10.1 Å². The number of halogens is 1. The second-order valence-electron chi connectivity index (χ2n) is 5.68. The third-order valence-electron chi connectivity index (χ3n) is 4.06. The number of urea groups is 1. The lowest BCUT2D eigenvalue weighted by Crippen LogP contribution is -2.58. The van der Waals surface area contributed by atoms with Crippen LogP contribution in [0.3, 0.4) is 0 Å². The van der Waals surface area contributed by atoms with Gasteiger partial charge < -0.3 is 15.0 Å². The predicted molar refractivity (Wildman–Crippen MR) is 91.0 cm³/mol. The van der Waals surface area contributed by atoms with E-state index in [1.54, 1.807) is 12.1 Å². The van der Waals surface area contributed by atoms with Gasteiger partial charge in [-0.05, 0) is 48.5 Å². The second kappa shape index (κ2) is 6.72. The van der Waals surface area contributed by atoms with Crippen LogP contribution in [0.2, 0.25) is 0 Å². The molecule has 2 amide bonds. The summed E-state index contributed by atoms with van der Waals surface area (Å²) in [5.41, 5.74) is 0.452. The summed E-state index contributed by atoms with van der Waals surface area (Å²) in [4.78, 5) is 13.7. The van der Waals surface area contributed by atoms with E-state index in [0.717, 1.165) is 0 Å². The van der Waals surface area contributed by atoms with E-state index >= 15 is 0 Å². The summed E-state index contributed by atoms with van der Waals surface area (Å²) in [5.74, 6) is 0.181. The van der Waals surface area contributed by atoms with Gasteiger partial charge in [-0.25, -0.2) is 17.6 Å². The maximum atomic E-state index is 12.9. The molecule has 0 aliphatic carbocycles. The Bertz CT molecular complexity index is 861. The minimum atomic E-state index is -3.50. The van der Waals surface area contributed by atoms with Crippen LogP contribution in [-0.4, -0.2) is 44.8 Å². The third kappa shape index (κ3) is 3.58. The maximum absolute atomic E-state index is 12.9. The van der Waals surface area contributed by atoms with Crippen molar-refractivity contribution in [2.75, 3.05) is 25.5 Å². The number of methoxy groups -OCH3 is 1. The number of nitrogens with zero attached hydrogens (tertiary/aromatic N) is 1. The molecule has 0 bridgehead atoms. The van der Waals surface area contributed by atoms with Crippen molar-refractivity contribution in [1.82, 2.24) is 4.90 Å². The van der Waals surface area contributed by atoms with Crippen LogP contribution in [0.4, 0.5) is 14.9 Å². The zero-order valence-corrected chi connectivity index (χ0v) is 14.3. The van der Waals surface area contributed by atoms with Crippen molar-refractivity contribution in [3.63, 3.8) is 0 Å². The SMILES string of the molecule is COc1ccc(S(=O)(=O)C2CN(C(=O)Nc3ccc(F)cc3)C2)cc1. The van der Waals surface area contributed by atoms with Gasteiger partial charge in [-0.1, -0.05) is 0 Å². The maximum Gasteiger partial charge on any atom is 0.321 e. The van der Waals surface area contributed by atoms with Crippen molar-refractivity contribution < 1.29 is 22.3 Å². The van der Waals surface area contributed by atoms with Gasteiger partial charge in [0.05, 0.1) is 12.0 Å². The molecular formula is C17H17FN2O4S. The number of hydrogen-bond acceptors (Lipinski definition) is 4. The Morgan fingerprint density at radius 2 is 1.72 bits per heavy atom. The Labute approximate surface area is 145 Å². The minimum absolute atomic E-state index is 0.112. The van der Waals surface area contributed by atoms with Gasteiger partial charge >= 0.3 is 6.03 Å². The summed E-state index contributed by atoms with van der Waals surface area (Å²) in [6.07, 6.45) is 0. The first-order valence-corrected chi connectivity index (χ1v) is 9.14. The van der Waals surface area contributed by atoms with Crippen molar-refractivity contribution >= 4 is 21.6 Å². The molecule has 0 unspecified atom stereocenters. The molecule has 0 saturated carbocycles. The normalized spacial score (nSPS) is 14.7. The molecule has 8 heteroatoms. The molecule has 2 aromatic rings. The smallest absolute Gasteiger partial charge is 0.321 e. The number of benzene rings is 2. The van der Waals surface area contributed by atoms with E-state index in [1.807, 2.05) is 0 Å². The summed E-state index contributed by atoms with van der Waals surface area (Å²) < 4.78 is 42.9.